The Kier molecular flexibility index (Phi) is 5.15. The molecule has 6 atom stereocenters. The molecule has 2 saturated heterocycles. The molecule has 6 unspecified atom stereocenters. The van der Waals surface area contributed by atoms with Crippen LogP contribution in [0.2, 0.25) is 0 Å². The molecule has 6 rings (SSSR count). The number of aliphatic hydroxyl groups excluding tert-OH is 1. The number of rotatable bonds is 5. The second kappa shape index (κ2) is 7.80. The van der Waals surface area contributed by atoms with E-state index in [0.29, 0.717) is 24.0 Å². The standard InChI is InChI=1S/C28H25F6N2O/c1-2-21-22-8-10-36(15-16-11-17(27(29,30)31)13-18(12-16)28(32,33)34)24(14-26(21,22)36)25(37)20-7-9-35-23-6-4-3-5-19(20)23/h2-7,9,11-13,21-22,24-25,37H,1,8,10,14-15H2/q+1. The number of halogens is 6. The molecular formula is C28H25F6N2O+. The van der Waals surface area contributed by atoms with Crippen LogP contribution in [0.25, 0.3) is 10.9 Å². The van der Waals surface area contributed by atoms with Gasteiger partial charge < -0.3 is 9.59 Å². The first-order valence-electron chi connectivity index (χ1n) is 12.2. The minimum atomic E-state index is -4.91. The van der Waals surface area contributed by atoms with Gasteiger partial charge in [0.1, 0.15) is 24.2 Å². The summed E-state index contributed by atoms with van der Waals surface area (Å²) in [5, 5.41) is 12.4. The van der Waals surface area contributed by atoms with Crippen LogP contribution in [-0.4, -0.2) is 32.7 Å². The Morgan fingerprint density at radius 2 is 1.73 bits per heavy atom. The summed E-state index contributed by atoms with van der Waals surface area (Å²) < 4.78 is 81.7. The zero-order valence-electron chi connectivity index (χ0n) is 19.7. The van der Waals surface area contributed by atoms with Crippen LogP contribution in [0, 0.1) is 11.8 Å². The van der Waals surface area contributed by atoms with E-state index < -0.39 is 29.6 Å². The lowest BCUT2D eigenvalue weighted by Crippen LogP contribution is -2.73. The molecule has 1 aromatic heterocycles. The van der Waals surface area contributed by atoms with Gasteiger partial charge in [0.25, 0.3) is 0 Å². The summed E-state index contributed by atoms with van der Waals surface area (Å²) in [5.74, 6) is 0.405. The number of nitrogens with zero attached hydrogens (tertiary/aromatic N) is 2. The minimum absolute atomic E-state index is 0.0153. The Labute approximate surface area is 209 Å². The highest BCUT2D eigenvalue weighted by atomic mass is 19.4. The minimum Gasteiger partial charge on any atom is -0.382 e. The van der Waals surface area contributed by atoms with Crippen molar-refractivity contribution in [3.8, 4) is 0 Å². The Balaban J connectivity index is 1.44. The van der Waals surface area contributed by atoms with Gasteiger partial charge in [0.2, 0.25) is 0 Å². The molecule has 0 amide bonds. The Hall–Kier alpha value is -2.91. The van der Waals surface area contributed by atoms with E-state index in [-0.39, 0.29) is 46.1 Å². The Morgan fingerprint density at radius 3 is 2.35 bits per heavy atom. The predicted octanol–water partition coefficient (Wildman–Crippen LogP) is 6.67. The van der Waals surface area contributed by atoms with Crippen molar-refractivity contribution in [3.63, 3.8) is 0 Å². The topological polar surface area (TPSA) is 33.1 Å². The lowest BCUT2D eigenvalue weighted by atomic mass is 9.77. The van der Waals surface area contributed by atoms with Crippen molar-refractivity contribution >= 4 is 10.9 Å². The average molecular weight is 520 g/mol. The zero-order valence-corrected chi connectivity index (χ0v) is 19.7. The second-order valence-corrected chi connectivity index (χ2v) is 10.6. The predicted molar refractivity (Wildman–Crippen MR) is 125 cm³/mol. The monoisotopic (exact) mass is 519 g/mol. The summed E-state index contributed by atoms with van der Waals surface area (Å²) >= 11 is 0. The molecule has 3 fully saturated rings. The molecule has 1 saturated carbocycles. The number of alkyl halides is 6. The number of quaternary nitrogens is 1. The summed E-state index contributed by atoms with van der Waals surface area (Å²) in [6, 6.07) is 10.6. The lowest BCUT2D eigenvalue weighted by Gasteiger charge is -2.60. The first-order chi connectivity index (χ1) is 17.4. The van der Waals surface area contributed by atoms with E-state index in [9.17, 15) is 31.4 Å². The van der Waals surface area contributed by atoms with Gasteiger partial charge in [-0.1, -0.05) is 24.3 Å². The Morgan fingerprint density at radius 1 is 1.05 bits per heavy atom. The van der Waals surface area contributed by atoms with Gasteiger partial charge in [-0.25, -0.2) is 0 Å². The Bertz CT molecular complexity index is 1360. The van der Waals surface area contributed by atoms with Crippen molar-refractivity contribution in [1.82, 2.24) is 4.98 Å². The number of aliphatic hydroxyl groups is 1. The molecule has 0 radical (unpaired) electrons. The van der Waals surface area contributed by atoms with Crippen LogP contribution in [0.15, 0.2) is 67.4 Å². The van der Waals surface area contributed by atoms with Crippen molar-refractivity contribution in [3.05, 3.63) is 89.6 Å². The van der Waals surface area contributed by atoms with Crippen LogP contribution < -0.4 is 0 Å². The third-order valence-corrected chi connectivity index (χ3v) is 9.11. The smallest absolute Gasteiger partial charge is 0.382 e. The molecule has 0 bridgehead atoms. The molecular weight excluding hydrogens is 494 g/mol. The van der Waals surface area contributed by atoms with E-state index in [1.165, 1.54) is 0 Å². The summed E-state index contributed by atoms with van der Waals surface area (Å²) in [4.78, 5) is 4.35. The molecule has 3 heterocycles. The molecule has 9 heteroatoms. The van der Waals surface area contributed by atoms with Crippen LogP contribution in [0.5, 0.6) is 0 Å². The number of benzene rings is 2. The maximum atomic E-state index is 13.6. The van der Waals surface area contributed by atoms with Gasteiger partial charge in [-0.05, 0) is 35.9 Å². The number of fused-ring (bicyclic) bond motifs is 1. The molecule has 1 aliphatic carbocycles. The normalized spacial score (nSPS) is 31.4. The molecule has 3 aromatic rings. The largest absolute Gasteiger partial charge is 0.416 e. The van der Waals surface area contributed by atoms with E-state index in [0.717, 1.165) is 23.9 Å². The van der Waals surface area contributed by atoms with Crippen molar-refractivity contribution < 1.29 is 35.9 Å². The fourth-order valence-corrected chi connectivity index (χ4v) is 7.62. The number of hydrogen-bond donors (Lipinski definition) is 1. The molecule has 3 nitrogen and oxygen atoms in total. The molecule has 2 aliphatic heterocycles. The van der Waals surface area contributed by atoms with E-state index in [1.807, 2.05) is 30.3 Å². The third-order valence-electron chi connectivity index (χ3n) is 9.11. The van der Waals surface area contributed by atoms with Gasteiger partial charge in [0.15, 0.2) is 0 Å². The molecule has 2 aromatic carbocycles. The van der Waals surface area contributed by atoms with E-state index in [1.54, 1.807) is 12.3 Å². The first-order valence-corrected chi connectivity index (χ1v) is 12.2. The maximum Gasteiger partial charge on any atom is 0.416 e. The zero-order chi connectivity index (χ0) is 26.4. The molecule has 1 spiro atoms. The highest BCUT2D eigenvalue weighted by Crippen LogP contribution is 2.76. The van der Waals surface area contributed by atoms with Crippen LogP contribution in [-0.2, 0) is 18.9 Å². The van der Waals surface area contributed by atoms with Crippen LogP contribution in [0.3, 0.4) is 0 Å². The highest BCUT2D eigenvalue weighted by molar-refractivity contribution is 5.82. The van der Waals surface area contributed by atoms with Gasteiger partial charge in [0, 0.05) is 35.4 Å². The van der Waals surface area contributed by atoms with Gasteiger partial charge in [-0.15, -0.1) is 6.58 Å². The van der Waals surface area contributed by atoms with Crippen molar-refractivity contribution in [2.45, 2.75) is 49.4 Å². The summed E-state index contributed by atoms with van der Waals surface area (Å²) in [5.41, 5.74) is -1.57. The number of para-hydroxylation sites is 1. The second-order valence-electron chi connectivity index (χ2n) is 10.6. The SMILES string of the molecule is C=CC1C2CC[N+]3(Cc4cc(C(F)(F)F)cc(C(F)(F)F)c4)C(C(O)c4ccnc5ccccc45)CC123. The fourth-order valence-electron chi connectivity index (χ4n) is 7.62. The van der Waals surface area contributed by atoms with E-state index in [2.05, 4.69) is 11.6 Å². The van der Waals surface area contributed by atoms with Gasteiger partial charge >= 0.3 is 12.4 Å². The highest BCUT2D eigenvalue weighted by Gasteiger charge is 2.87. The maximum absolute atomic E-state index is 13.6. The summed E-state index contributed by atoms with van der Waals surface area (Å²) in [6.45, 7) is 4.51. The van der Waals surface area contributed by atoms with Gasteiger partial charge in [0.05, 0.1) is 29.6 Å². The summed E-state index contributed by atoms with van der Waals surface area (Å²) in [7, 11) is 0. The quantitative estimate of drug-likeness (QED) is 0.232. The molecule has 1 N–H and O–H groups in total. The molecule has 37 heavy (non-hydrogen) atoms. The van der Waals surface area contributed by atoms with Crippen molar-refractivity contribution in [2.24, 2.45) is 11.8 Å². The number of aromatic nitrogens is 1. The van der Waals surface area contributed by atoms with Crippen molar-refractivity contribution in [2.75, 3.05) is 6.54 Å². The number of piperidine rings is 1. The summed E-state index contributed by atoms with van der Waals surface area (Å²) in [6.07, 6.45) is -5.87. The van der Waals surface area contributed by atoms with Crippen molar-refractivity contribution in [1.29, 1.82) is 0 Å². The van der Waals surface area contributed by atoms with Gasteiger partial charge in [-0.3, -0.25) is 4.98 Å². The average Bonchev–Trinajstić information content (AvgIpc) is 3.46. The van der Waals surface area contributed by atoms with Crippen LogP contribution >= 0.6 is 0 Å². The molecule has 3 aliphatic rings. The number of hydrogen-bond acceptors (Lipinski definition) is 2. The molecule has 194 valence electrons. The van der Waals surface area contributed by atoms with Gasteiger partial charge in [-0.2, -0.15) is 26.3 Å². The van der Waals surface area contributed by atoms with Crippen LogP contribution in [0.4, 0.5) is 26.3 Å². The van der Waals surface area contributed by atoms with E-state index in [4.69, 9.17) is 0 Å². The third kappa shape index (κ3) is 3.39. The first kappa shape index (κ1) is 24.4. The number of pyridine rings is 1. The van der Waals surface area contributed by atoms with E-state index >= 15 is 0 Å². The fraction of sp³-hybridized carbons (Fsp3) is 0.393. The lowest BCUT2D eigenvalue weighted by molar-refractivity contribution is -1.03. The van der Waals surface area contributed by atoms with Crippen LogP contribution in [0.1, 0.15) is 41.2 Å².